The van der Waals surface area contributed by atoms with Crippen molar-refractivity contribution in [2.75, 3.05) is 0 Å². The van der Waals surface area contributed by atoms with E-state index < -0.39 is 0 Å². The second-order valence-electron chi connectivity index (χ2n) is 11.0. The molecule has 218 valence electrons. The number of hydrogen-bond acceptors (Lipinski definition) is 3. The van der Waals surface area contributed by atoms with Crippen molar-refractivity contribution in [2.24, 2.45) is 0 Å². The summed E-state index contributed by atoms with van der Waals surface area (Å²) in [6.07, 6.45) is 10.1. The number of fused-ring (bicyclic) bond motifs is 5. The molecule has 3 aromatic heterocycles. The Kier molecular flexibility index (Phi) is 6.89. The normalized spacial score (nSPS) is 12.0. The molecule has 0 aliphatic carbocycles. The average Bonchev–Trinajstić information content (AvgIpc) is 3.70. The molecule has 8 aromatic rings. The van der Waals surface area contributed by atoms with Crippen LogP contribution in [0.15, 0.2) is 164 Å². The Labute approximate surface area is 266 Å². The predicted molar refractivity (Wildman–Crippen MR) is 190 cm³/mol. The Bertz CT molecular complexity index is 2360. The van der Waals surface area contributed by atoms with E-state index in [0.717, 1.165) is 33.4 Å². The van der Waals surface area contributed by atoms with Crippen molar-refractivity contribution in [3.05, 3.63) is 170 Å². The lowest BCUT2D eigenvalue weighted by Crippen LogP contribution is -2.02. The summed E-state index contributed by atoms with van der Waals surface area (Å²) >= 11 is 0. The zero-order valence-electron chi connectivity index (χ0n) is 25.0. The molecule has 0 saturated heterocycles. The van der Waals surface area contributed by atoms with Gasteiger partial charge in [0.1, 0.15) is 0 Å². The molecule has 0 unspecified atom stereocenters. The molecule has 0 saturated carbocycles. The average molecular weight is 592 g/mol. The Balaban J connectivity index is 1.24. The summed E-state index contributed by atoms with van der Waals surface area (Å²) in [5.41, 5.74) is 7.27. The van der Waals surface area contributed by atoms with Gasteiger partial charge in [-0.1, -0.05) is 110 Å². The monoisotopic (exact) mass is 591 g/mol. The largest absolute Gasteiger partial charge is 0.317 e. The molecule has 0 spiro atoms. The summed E-state index contributed by atoms with van der Waals surface area (Å²) in [6, 6.07) is 45.7. The molecule has 0 atom stereocenters. The third-order valence-corrected chi connectivity index (χ3v) is 8.27. The van der Waals surface area contributed by atoms with Crippen LogP contribution < -0.4 is 0 Å². The zero-order valence-corrected chi connectivity index (χ0v) is 25.0. The van der Waals surface area contributed by atoms with Gasteiger partial charge in [0.25, 0.3) is 0 Å². The SMILES string of the molecule is C=CC(=CC=Cn1c2ccccc2c2c3ccn(-c4ccccc4)c3ccc21)c1nc(-c2ccccc2)nc(-c2ccccc2)n1. The van der Waals surface area contributed by atoms with Crippen molar-refractivity contribution < 1.29 is 0 Å². The minimum Gasteiger partial charge on any atom is -0.317 e. The molecule has 0 amide bonds. The smallest absolute Gasteiger partial charge is 0.164 e. The number of rotatable bonds is 7. The Morgan fingerprint density at radius 2 is 1.15 bits per heavy atom. The lowest BCUT2D eigenvalue weighted by molar-refractivity contribution is 1.04. The first-order valence-corrected chi connectivity index (χ1v) is 15.2. The van der Waals surface area contributed by atoms with Crippen LogP contribution in [0.2, 0.25) is 0 Å². The second-order valence-corrected chi connectivity index (χ2v) is 11.0. The van der Waals surface area contributed by atoms with Crippen molar-refractivity contribution in [2.45, 2.75) is 0 Å². The lowest BCUT2D eigenvalue weighted by Gasteiger charge is -2.08. The van der Waals surface area contributed by atoms with Gasteiger partial charge in [0.15, 0.2) is 17.5 Å². The minimum atomic E-state index is 0.568. The number of para-hydroxylation sites is 2. The Morgan fingerprint density at radius 3 is 1.83 bits per heavy atom. The van der Waals surface area contributed by atoms with E-state index in [9.17, 15) is 0 Å². The third-order valence-electron chi connectivity index (χ3n) is 8.27. The topological polar surface area (TPSA) is 48.5 Å². The quantitative estimate of drug-likeness (QED) is 0.173. The van der Waals surface area contributed by atoms with Crippen LogP contribution in [0, 0.1) is 0 Å². The van der Waals surface area contributed by atoms with Crippen LogP contribution in [-0.2, 0) is 0 Å². The van der Waals surface area contributed by atoms with Gasteiger partial charge in [0, 0.05) is 50.9 Å². The van der Waals surface area contributed by atoms with Gasteiger partial charge in [0.2, 0.25) is 0 Å². The first-order chi connectivity index (χ1) is 22.8. The van der Waals surface area contributed by atoms with E-state index in [1.807, 2.05) is 78.9 Å². The Morgan fingerprint density at radius 1 is 0.565 bits per heavy atom. The first kappa shape index (κ1) is 27.2. The highest BCUT2D eigenvalue weighted by Gasteiger charge is 2.15. The minimum absolute atomic E-state index is 0.568. The predicted octanol–water partition coefficient (Wildman–Crippen LogP) is 10.00. The van der Waals surface area contributed by atoms with Crippen molar-refractivity contribution in [1.29, 1.82) is 0 Å². The highest BCUT2D eigenvalue weighted by atomic mass is 15.0. The fourth-order valence-corrected chi connectivity index (χ4v) is 6.09. The molecule has 5 nitrogen and oxygen atoms in total. The van der Waals surface area contributed by atoms with Gasteiger partial charge in [-0.2, -0.15) is 0 Å². The molecule has 0 bridgehead atoms. The number of nitrogens with zero attached hydrogens (tertiary/aromatic N) is 5. The maximum atomic E-state index is 4.87. The van der Waals surface area contributed by atoms with Crippen LogP contribution in [0.4, 0.5) is 0 Å². The molecule has 46 heavy (non-hydrogen) atoms. The summed E-state index contributed by atoms with van der Waals surface area (Å²) < 4.78 is 4.50. The van der Waals surface area contributed by atoms with Crippen LogP contribution >= 0.6 is 0 Å². The van der Waals surface area contributed by atoms with Crippen molar-refractivity contribution in [3.63, 3.8) is 0 Å². The number of hydrogen-bond donors (Lipinski definition) is 0. The fraction of sp³-hybridized carbons (Fsp3) is 0. The second kappa shape index (κ2) is 11.6. The van der Waals surface area contributed by atoms with Gasteiger partial charge in [-0.15, -0.1) is 0 Å². The summed E-state index contributed by atoms with van der Waals surface area (Å²) in [5.74, 6) is 1.81. The highest BCUT2D eigenvalue weighted by molar-refractivity contribution is 6.21. The van der Waals surface area contributed by atoms with Gasteiger partial charge in [-0.3, -0.25) is 0 Å². The van der Waals surface area contributed by atoms with Crippen LogP contribution in [0.3, 0.4) is 0 Å². The molecule has 0 radical (unpaired) electrons. The van der Waals surface area contributed by atoms with Crippen LogP contribution in [0.1, 0.15) is 5.82 Å². The van der Waals surface area contributed by atoms with E-state index in [1.165, 1.54) is 21.7 Å². The zero-order chi connectivity index (χ0) is 30.9. The van der Waals surface area contributed by atoms with Gasteiger partial charge in [0.05, 0.1) is 16.6 Å². The maximum absolute atomic E-state index is 4.87. The molecule has 5 aromatic carbocycles. The molecule has 3 heterocycles. The molecule has 0 aliphatic heterocycles. The summed E-state index contributed by atoms with van der Waals surface area (Å²) in [4.78, 5) is 14.6. The van der Waals surface area contributed by atoms with Gasteiger partial charge < -0.3 is 9.13 Å². The molecule has 0 N–H and O–H groups in total. The maximum Gasteiger partial charge on any atom is 0.164 e. The lowest BCUT2D eigenvalue weighted by atomic mass is 10.1. The summed E-state index contributed by atoms with van der Waals surface area (Å²) in [7, 11) is 0. The summed E-state index contributed by atoms with van der Waals surface area (Å²) in [6.45, 7) is 4.11. The van der Waals surface area contributed by atoms with Gasteiger partial charge >= 0.3 is 0 Å². The van der Waals surface area contributed by atoms with E-state index in [2.05, 4.69) is 94.8 Å². The molecule has 5 heteroatoms. The molecule has 0 fully saturated rings. The Hall–Kier alpha value is -6.33. The molecular weight excluding hydrogens is 562 g/mol. The molecular formula is C41H29N5. The fourth-order valence-electron chi connectivity index (χ4n) is 6.09. The van der Waals surface area contributed by atoms with E-state index in [4.69, 9.17) is 15.0 Å². The van der Waals surface area contributed by atoms with Crippen molar-refractivity contribution in [1.82, 2.24) is 24.1 Å². The van der Waals surface area contributed by atoms with E-state index in [1.54, 1.807) is 6.08 Å². The van der Waals surface area contributed by atoms with Crippen molar-refractivity contribution >= 4 is 44.5 Å². The van der Waals surface area contributed by atoms with E-state index in [0.29, 0.717) is 17.5 Å². The first-order valence-electron chi connectivity index (χ1n) is 15.2. The van der Waals surface area contributed by atoms with E-state index in [-0.39, 0.29) is 0 Å². The summed E-state index contributed by atoms with van der Waals surface area (Å²) in [5, 5.41) is 3.67. The van der Waals surface area contributed by atoms with Crippen LogP contribution in [0.5, 0.6) is 0 Å². The van der Waals surface area contributed by atoms with Crippen molar-refractivity contribution in [3.8, 4) is 28.5 Å². The number of allylic oxidation sites excluding steroid dienone is 4. The molecule has 8 rings (SSSR count). The standard InChI is InChI=1S/C41H29N5/c1-2-29(39-42-40(30-15-6-3-7-16-30)44-41(43-39)31-17-8-4-9-18-31)19-14-27-46-35-23-13-12-22-33(35)38-34-26-28-45(32-20-10-5-11-21-32)36(34)24-25-37(38)46/h2-28H,1H2. The molecule has 0 aliphatic rings. The number of aromatic nitrogens is 5. The third kappa shape index (κ3) is 4.81. The highest BCUT2D eigenvalue weighted by Crippen LogP contribution is 2.36. The van der Waals surface area contributed by atoms with Crippen LogP contribution in [-0.4, -0.2) is 24.1 Å². The van der Waals surface area contributed by atoms with Crippen LogP contribution in [0.25, 0.3) is 72.9 Å². The van der Waals surface area contributed by atoms with E-state index >= 15 is 0 Å². The van der Waals surface area contributed by atoms with Gasteiger partial charge in [-0.25, -0.2) is 15.0 Å². The van der Waals surface area contributed by atoms with Gasteiger partial charge in [-0.05, 0) is 48.6 Å². The number of benzene rings is 5.